The molecule has 0 bridgehead atoms. The van der Waals surface area contributed by atoms with Crippen LogP contribution >= 0.6 is 24.0 Å². The van der Waals surface area contributed by atoms with Crippen LogP contribution in [0.4, 0.5) is 4.79 Å². The molecule has 0 aliphatic carbocycles. The number of aliphatic imine (C=N–C) groups is 1. The average Bonchev–Trinajstić information content (AvgIpc) is 2.46. The molecule has 0 aromatic rings. The lowest BCUT2D eigenvalue weighted by Crippen LogP contribution is -2.40. The Morgan fingerprint density at radius 1 is 1.04 bits per heavy atom. The molecule has 0 fully saturated rings. The lowest BCUT2D eigenvalue weighted by Gasteiger charge is -2.19. The lowest BCUT2D eigenvalue weighted by atomic mass is 10.1. The van der Waals surface area contributed by atoms with E-state index in [1.54, 1.807) is 7.05 Å². The van der Waals surface area contributed by atoms with Gasteiger partial charge < -0.3 is 25.4 Å². The first-order valence-corrected chi connectivity index (χ1v) is 8.73. The first-order chi connectivity index (χ1) is 11.2. The van der Waals surface area contributed by atoms with Gasteiger partial charge in [-0.2, -0.15) is 0 Å². The summed E-state index contributed by atoms with van der Waals surface area (Å²) in [5, 5.41) is 9.11. The molecule has 8 heteroatoms. The molecule has 0 spiro atoms. The Morgan fingerprint density at radius 2 is 1.64 bits per heavy atom. The van der Waals surface area contributed by atoms with Gasteiger partial charge in [0.05, 0.1) is 6.61 Å². The number of ether oxygens (including phenoxy) is 2. The smallest absolute Gasteiger partial charge is 0.407 e. The molecule has 0 atom stereocenters. The molecule has 150 valence electrons. The molecule has 0 unspecified atom stereocenters. The number of halogens is 1. The molecule has 1 amide bonds. The van der Waals surface area contributed by atoms with E-state index in [4.69, 9.17) is 9.47 Å². The molecule has 0 heterocycles. The Hall–Kier alpha value is -0.770. The van der Waals surface area contributed by atoms with Crippen LogP contribution in [0, 0.1) is 5.92 Å². The number of carbonyl (C=O) groups is 1. The fourth-order valence-electron chi connectivity index (χ4n) is 1.68. The number of rotatable bonds is 10. The van der Waals surface area contributed by atoms with Crippen LogP contribution in [0.3, 0.4) is 0 Å². The van der Waals surface area contributed by atoms with Gasteiger partial charge in [-0.3, -0.25) is 4.99 Å². The second kappa shape index (κ2) is 15.5. The minimum Gasteiger partial charge on any atom is -0.444 e. The maximum Gasteiger partial charge on any atom is 0.407 e. The third kappa shape index (κ3) is 19.4. The molecule has 0 radical (unpaired) electrons. The summed E-state index contributed by atoms with van der Waals surface area (Å²) in [6, 6.07) is 0. The van der Waals surface area contributed by atoms with Gasteiger partial charge in [0.15, 0.2) is 5.96 Å². The number of alkyl carbamates (subject to hydrolysis) is 1. The fourth-order valence-corrected chi connectivity index (χ4v) is 1.68. The predicted octanol–water partition coefficient (Wildman–Crippen LogP) is 2.75. The number of nitrogens with one attached hydrogen (secondary N) is 3. The average molecular weight is 472 g/mol. The number of guanidine groups is 1. The molecule has 3 N–H and O–H groups in total. The van der Waals surface area contributed by atoms with Crippen LogP contribution in [0.5, 0.6) is 0 Å². The fraction of sp³-hybridized carbons (Fsp3) is 0.882. The van der Waals surface area contributed by atoms with E-state index in [1.807, 2.05) is 20.8 Å². The Labute approximate surface area is 170 Å². The van der Waals surface area contributed by atoms with Gasteiger partial charge >= 0.3 is 6.09 Å². The molecule has 0 aliphatic heterocycles. The Bertz CT molecular complexity index is 371. The number of amides is 1. The zero-order chi connectivity index (χ0) is 18.4. The van der Waals surface area contributed by atoms with Gasteiger partial charge in [-0.25, -0.2) is 4.79 Å². The van der Waals surface area contributed by atoms with Crippen LogP contribution in [-0.4, -0.2) is 57.5 Å². The van der Waals surface area contributed by atoms with Crippen molar-refractivity contribution in [2.24, 2.45) is 10.9 Å². The van der Waals surface area contributed by atoms with Crippen LogP contribution in [0.25, 0.3) is 0 Å². The third-order valence-electron chi connectivity index (χ3n) is 2.92. The quantitative estimate of drug-likeness (QED) is 0.197. The topological polar surface area (TPSA) is 84.0 Å². The largest absolute Gasteiger partial charge is 0.444 e. The number of hydrogen-bond donors (Lipinski definition) is 3. The van der Waals surface area contributed by atoms with E-state index in [9.17, 15) is 4.79 Å². The van der Waals surface area contributed by atoms with Crippen molar-refractivity contribution in [1.29, 1.82) is 0 Å². The summed E-state index contributed by atoms with van der Waals surface area (Å²) < 4.78 is 10.7. The van der Waals surface area contributed by atoms with Crippen LogP contribution < -0.4 is 16.0 Å². The van der Waals surface area contributed by atoms with Crippen LogP contribution in [-0.2, 0) is 9.47 Å². The predicted molar refractivity (Wildman–Crippen MR) is 114 cm³/mol. The number of nitrogens with zero attached hydrogens (tertiary/aromatic N) is 1. The highest BCUT2D eigenvalue weighted by atomic mass is 127. The van der Waals surface area contributed by atoms with Gasteiger partial charge in [0, 0.05) is 33.3 Å². The zero-order valence-electron chi connectivity index (χ0n) is 16.6. The van der Waals surface area contributed by atoms with Gasteiger partial charge in [0.2, 0.25) is 0 Å². The summed E-state index contributed by atoms with van der Waals surface area (Å²) in [7, 11) is 1.73. The first-order valence-electron chi connectivity index (χ1n) is 8.73. The van der Waals surface area contributed by atoms with Crippen molar-refractivity contribution in [3.63, 3.8) is 0 Å². The van der Waals surface area contributed by atoms with Crippen molar-refractivity contribution in [1.82, 2.24) is 16.0 Å². The molecule has 0 aliphatic rings. The van der Waals surface area contributed by atoms with E-state index in [0.29, 0.717) is 32.2 Å². The molecule has 0 saturated carbocycles. The van der Waals surface area contributed by atoms with E-state index < -0.39 is 5.60 Å². The van der Waals surface area contributed by atoms with E-state index >= 15 is 0 Å². The molecular weight excluding hydrogens is 435 g/mol. The van der Waals surface area contributed by atoms with Gasteiger partial charge in [0.25, 0.3) is 0 Å². The molecule has 0 rings (SSSR count). The van der Waals surface area contributed by atoms with Gasteiger partial charge in [0.1, 0.15) is 5.60 Å². The molecule has 25 heavy (non-hydrogen) atoms. The van der Waals surface area contributed by atoms with E-state index in [1.165, 1.54) is 0 Å². The minimum atomic E-state index is -0.467. The Morgan fingerprint density at radius 3 is 2.20 bits per heavy atom. The van der Waals surface area contributed by atoms with Crippen LogP contribution in [0.1, 0.15) is 47.5 Å². The lowest BCUT2D eigenvalue weighted by molar-refractivity contribution is 0.0527. The monoisotopic (exact) mass is 472 g/mol. The van der Waals surface area contributed by atoms with Crippen molar-refractivity contribution in [2.45, 2.75) is 53.1 Å². The van der Waals surface area contributed by atoms with Crippen molar-refractivity contribution >= 4 is 36.0 Å². The third-order valence-corrected chi connectivity index (χ3v) is 2.92. The maximum atomic E-state index is 11.5. The second-order valence-corrected chi connectivity index (χ2v) is 7.00. The van der Waals surface area contributed by atoms with Crippen LogP contribution in [0.15, 0.2) is 4.99 Å². The summed E-state index contributed by atoms with van der Waals surface area (Å²) in [4.78, 5) is 15.6. The van der Waals surface area contributed by atoms with Gasteiger partial charge in [-0.1, -0.05) is 13.8 Å². The number of hydrogen-bond acceptors (Lipinski definition) is 4. The molecule has 0 aromatic heterocycles. The van der Waals surface area contributed by atoms with E-state index in [2.05, 4.69) is 34.8 Å². The maximum absolute atomic E-state index is 11.5. The summed E-state index contributed by atoms with van der Waals surface area (Å²) >= 11 is 0. The summed E-state index contributed by atoms with van der Waals surface area (Å²) in [6.45, 7) is 13.3. The summed E-state index contributed by atoms with van der Waals surface area (Å²) in [5.74, 6) is 1.40. The van der Waals surface area contributed by atoms with Crippen molar-refractivity contribution in [3.05, 3.63) is 0 Å². The van der Waals surface area contributed by atoms with E-state index in [-0.39, 0.29) is 30.1 Å². The Balaban J connectivity index is 0. The highest BCUT2D eigenvalue weighted by molar-refractivity contribution is 14.0. The SMILES string of the molecule is CN=C(NCCCNC(=O)OC(C)(C)C)NCCOCCC(C)C.I. The van der Waals surface area contributed by atoms with Gasteiger partial charge in [-0.05, 0) is 39.5 Å². The standard InChI is InChI=1S/C17H36N4O3.HI/c1-14(2)8-12-23-13-11-20-15(18-6)19-9-7-10-21-16(22)24-17(3,4)5;/h14H,7-13H2,1-6H3,(H,21,22)(H2,18,19,20);1H. The van der Waals surface area contributed by atoms with Crippen molar-refractivity contribution in [3.8, 4) is 0 Å². The van der Waals surface area contributed by atoms with Crippen molar-refractivity contribution < 1.29 is 14.3 Å². The molecular formula is C17H37IN4O3. The summed E-state index contributed by atoms with van der Waals surface area (Å²) in [5.41, 5.74) is -0.467. The number of carbonyl (C=O) groups excluding carboxylic acids is 1. The van der Waals surface area contributed by atoms with Crippen molar-refractivity contribution in [2.75, 3.05) is 39.9 Å². The van der Waals surface area contributed by atoms with Crippen LogP contribution in [0.2, 0.25) is 0 Å². The normalized spacial score (nSPS) is 11.7. The zero-order valence-corrected chi connectivity index (χ0v) is 18.9. The van der Waals surface area contributed by atoms with Gasteiger partial charge in [-0.15, -0.1) is 24.0 Å². The molecule has 7 nitrogen and oxygen atoms in total. The highest BCUT2D eigenvalue weighted by Crippen LogP contribution is 2.06. The molecule has 0 saturated heterocycles. The van der Waals surface area contributed by atoms with E-state index in [0.717, 1.165) is 25.4 Å². The Kier molecular flexibility index (Phi) is 16.4. The molecule has 0 aromatic carbocycles. The highest BCUT2D eigenvalue weighted by Gasteiger charge is 2.15. The minimum absolute atomic E-state index is 0. The summed E-state index contributed by atoms with van der Waals surface area (Å²) in [6.07, 6.45) is 1.48. The second-order valence-electron chi connectivity index (χ2n) is 7.00. The first kappa shape index (κ1) is 26.5.